The molecule has 3 heterocycles. The molecule has 1 aliphatic carbocycles. The topological polar surface area (TPSA) is 102 Å². The van der Waals surface area contributed by atoms with Gasteiger partial charge >= 0.3 is 12.1 Å². The number of piperidine rings is 1. The number of carbonyl (C=O) groups excluding carboxylic acids is 1. The molecule has 1 N–H and O–H groups in total. The molecule has 1 aliphatic heterocycles. The maximum Gasteiger partial charge on any atom is 0.327 e. The number of carbonyl (C=O) groups is 1. The number of hydrogen-bond donors (Lipinski definition) is 1. The number of urea groups is 1. The molecule has 2 aromatic heterocycles. The molecule has 30 heavy (non-hydrogen) atoms. The van der Waals surface area contributed by atoms with Gasteiger partial charge in [-0.2, -0.15) is 9.37 Å². The molecule has 0 unspecified atom stereocenters. The highest BCUT2D eigenvalue weighted by Crippen LogP contribution is 2.55. The van der Waals surface area contributed by atoms with Crippen LogP contribution in [0.2, 0.25) is 5.02 Å². The zero-order valence-electron chi connectivity index (χ0n) is 16.3. The van der Waals surface area contributed by atoms with Crippen LogP contribution in [-0.2, 0) is 5.54 Å². The minimum atomic E-state index is -0.861. The Balaban J connectivity index is 1.43. The molecular weight excluding hydrogens is 413 g/mol. The van der Waals surface area contributed by atoms with Gasteiger partial charge in [0.1, 0.15) is 11.9 Å². The lowest BCUT2D eigenvalue weighted by Gasteiger charge is -2.61. The Morgan fingerprint density at radius 2 is 2.20 bits per heavy atom. The van der Waals surface area contributed by atoms with Crippen LogP contribution in [0.1, 0.15) is 38.0 Å². The van der Waals surface area contributed by atoms with Crippen molar-refractivity contribution in [3.8, 4) is 5.69 Å². The maximum atomic E-state index is 13.2. The number of aromatic nitrogens is 5. The zero-order valence-corrected chi connectivity index (χ0v) is 17.1. The molecule has 0 radical (unpaired) electrons. The molecule has 11 heteroatoms. The van der Waals surface area contributed by atoms with Crippen LogP contribution < -0.4 is 5.32 Å². The first-order valence-electron chi connectivity index (χ1n) is 9.64. The fraction of sp³-hybridized carbons (Fsp3) is 0.421. The molecule has 9 nitrogen and oxygen atoms in total. The Labute approximate surface area is 176 Å². The Morgan fingerprint density at radius 1 is 1.37 bits per heavy atom. The van der Waals surface area contributed by atoms with Crippen molar-refractivity contribution in [2.45, 2.75) is 44.7 Å². The molecule has 3 atom stereocenters. The van der Waals surface area contributed by atoms with Crippen LogP contribution in [0, 0.1) is 18.9 Å². The number of rotatable bonds is 3. The second-order valence-corrected chi connectivity index (χ2v) is 8.39. The van der Waals surface area contributed by atoms with E-state index in [0.717, 1.165) is 19.3 Å². The summed E-state index contributed by atoms with van der Waals surface area (Å²) >= 11 is 6.21. The number of fused-ring (bicyclic) bond motifs is 2. The Morgan fingerprint density at radius 3 is 2.90 bits per heavy atom. The van der Waals surface area contributed by atoms with Crippen LogP contribution in [0.5, 0.6) is 0 Å². The number of hydrogen-bond acceptors (Lipinski definition) is 6. The molecule has 1 saturated carbocycles. The summed E-state index contributed by atoms with van der Waals surface area (Å²) in [5.41, 5.74) is 0.327. The first-order chi connectivity index (χ1) is 14.4. The van der Waals surface area contributed by atoms with Crippen molar-refractivity contribution < 1.29 is 13.6 Å². The molecule has 1 aromatic carbocycles. The van der Waals surface area contributed by atoms with Crippen molar-refractivity contribution in [3.63, 3.8) is 0 Å². The monoisotopic (exact) mass is 431 g/mol. The van der Waals surface area contributed by atoms with Crippen LogP contribution in [0.25, 0.3) is 5.69 Å². The van der Waals surface area contributed by atoms with Crippen LogP contribution in [0.15, 0.2) is 28.9 Å². The third kappa shape index (κ3) is 2.94. The highest BCUT2D eigenvalue weighted by atomic mass is 35.5. The van der Waals surface area contributed by atoms with E-state index in [9.17, 15) is 9.18 Å². The SMILES string of the molecule is Cc1nnc([C@]23C[C@H](C)C[C@H](C2)N3C(=O)Nc2ccc(Cl)c(-n3cnc(F)n3)c2)o1. The van der Waals surface area contributed by atoms with Crippen LogP contribution in [-0.4, -0.2) is 41.9 Å². The molecular formula is C19H19ClFN7O2. The molecule has 3 aromatic rings. The predicted octanol–water partition coefficient (Wildman–Crippen LogP) is 3.68. The Hall–Kier alpha value is -3.01. The van der Waals surface area contributed by atoms with Crippen molar-refractivity contribution in [2.24, 2.45) is 5.92 Å². The number of benzene rings is 1. The van der Waals surface area contributed by atoms with E-state index in [-0.39, 0.29) is 12.1 Å². The van der Waals surface area contributed by atoms with Crippen LogP contribution in [0.4, 0.5) is 14.9 Å². The van der Waals surface area contributed by atoms with E-state index in [1.165, 1.54) is 11.0 Å². The molecule has 0 spiro atoms. The van der Waals surface area contributed by atoms with E-state index < -0.39 is 11.6 Å². The molecule has 2 fully saturated rings. The number of amides is 2. The second kappa shape index (κ2) is 6.76. The van der Waals surface area contributed by atoms with Crippen molar-refractivity contribution in [2.75, 3.05) is 5.32 Å². The average Bonchev–Trinajstić information content (AvgIpc) is 3.31. The predicted molar refractivity (Wildman–Crippen MR) is 105 cm³/mol. The summed E-state index contributed by atoms with van der Waals surface area (Å²) in [5.74, 6) is 1.40. The van der Waals surface area contributed by atoms with Gasteiger partial charge in [0.25, 0.3) is 0 Å². The molecule has 156 valence electrons. The third-order valence-electron chi connectivity index (χ3n) is 5.81. The quantitative estimate of drug-likeness (QED) is 0.678. The average molecular weight is 432 g/mol. The summed E-state index contributed by atoms with van der Waals surface area (Å²) in [5, 5.41) is 15.1. The number of halogens is 2. The van der Waals surface area contributed by atoms with E-state index in [4.69, 9.17) is 16.0 Å². The van der Waals surface area contributed by atoms with Gasteiger partial charge in [-0.3, -0.25) is 0 Å². The van der Waals surface area contributed by atoms with Gasteiger partial charge in [-0.05, 0) is 37.0 Å². The van der Waals surface area contributed by atoms with Crippen molar-refractivity contribution in [1.82, 2.24) is 29.9 Å². The number of nitrogens with one attached hydrogen (secondary N) is 1. The van der Waals surface area contributed by atoms with Gasteiger partial charge in [0, 0.05) is 25.1 Å². The summed E-state index contributed by atoms with van der Waals surface area (Å²) in [6.07, 6.45) is 2.85. The minimum Gasteiger partial charge on any atom is -0.423 e. The van der Waals surface area contributed by atoms with Crippen LogP contribution >= 0.6 is 11.6 Å². The fourth-order valence-corrected chi connectivity index (χ4v) is 4.95. The molecule has 1 saturated heterocycles. The van der Waals surface area contributed by atoms with Gasteiger partial charge < -0.3 is 14.6 Å². The van der Waals surface area contributed by atoms with E-state index in [0.29, 0.717) is 34.1 Å². The number of aryl methyl sites for hydroxylation is 1. The molecule has 2 bridgehead atoms. The number of anilines is 1. The van der Waals surface area contributed by atoms with Crippen LogP contribution in [0.3, 0.4) is 0 Å². The lowest BCUT2D eigenvalue weighted by atomic mass is 9.64. The van der Waals surface area contributed by atoms with Gasteiger partial charge in [-0.1, -0.05) is 18.5 Å². The molecule has 2 aliphatic rings. The van der Waals surface area contributed by atoms with Crippen molar-refractivity contribution >= 4 is 23.3 Å². The lowest BCUT2D eigenvalue weighted by molar-refractivity contribution is -0.110. The van der Waals surface area contributed by atoms with E-state index in [1.54, 1.807) is 25.1 Å². The van der Waals surface area contributed by atoms with E-state index in [2.05, 4.69) is 32.5 Å². The van der Waals surface area contributed by atoms with E-state index >= 15 is 0 Å². The van der Waals surface area contributed by atoms with Crippen molar-refractivity contribution in [3.05, 3.63) is 47.4 Å². The highest BCUT2D eigenvalue weighted by Gasteiger charge is 2.62. The zero-order chi connectivity index (χ0) is 21.0. The van der Waals surface area contributed by atoms with Gasteiger partial charge in [0.05, 0.1) is 10.7 Å². The maximum absolute atomic E-state index is 13.2. The summed E-state index contributed by atoms with van der Waals surface area (Å²) in [6.45, 7) is 3.91. The number of likely N-dealkylation sites (tertiary alicyclic amines) is 1. The fourth-order valence-electron chi connectivity index (χ4n) is 4.74. The summed E-state index contributed by atoms with van der Waals surface area (Å²) in [4.78, 5) is 18.5. The first-order valence-corrected chi connectivity index (χ1v) is 10.0. The smallest absolute Gasteiger partial charge is 0.327 e. The van der Waals surface area contributed by atoms with Gasteiger partial charge in [0.15, 0.2) is 0 Å². The summed E-state index contributed by atoms with van der Waals surface area (Å²) < 4.78 is 20.1. The second-order valence-electron chi connectivity index (χ2n) is 7.99. The first kappa shape index (κ1) is 19.0. The molecule has 5 rings (SSSR count). The highest BCUT2D eigenvalue weighted by molar-refractivity contribution is 6.32. The molecule has 2 amide bonds. The van der Waals surface area contributed by atoms with Crippen molar-refractivity contribution in [1.29, 1.82) is 0 Å². The lowest BCUT2D eigenvalue weighted by Crippen LogP contribution is -2.70. The normalized spacial score (nSPS) is 25.1. The standard InChI is InChI=1S/C19H19ClFN7O2/c1-10-5-13-8-19(7-10,16-25-24-11(2)30-16)28(13)18(29)23-12-3-4-14(20)15(6-12)27-9-22-17(21)26-27/h3-4,6,9-10,13H,5,7-8H2,1-2H3,(H,23,29)/t10-,13-,19+/m1/s1. The summed E-state index contributed by atoms with van der Waals surface area (Å²) in [6, 6.07) is 4.76. The van der Waals surface area contributed by atoms with Gasteiger partial charge in [0.2, 0.25) is 11.8 Å². The third-order valence-corrected chi connectivity index (χ3v) is 6.13. The van der Waals surface area contributed by atoms with Gasteiger partial charge in [-0.15, -0.1) is 15.3 Å². The minimum absolute atomic E-state index is 0.108. The summed E-state index contributed by atoms with van der Waals surface area (Å²) in [7, 11) is 0. The Bertz CT molecular complexity index is 1130. The van der Waals surface area contributed by atoms with Gasteiger partial charge in [-0.25, -0.2) is 9.48 Å². The Kier molecular flexibility index (Phi) is 4.28. The van der Waals surface area contributed by atoms with E-state index in [1.807, 2.05) is 4.90 Å². The number of nitrogens with zero attached hydrogens (tertiary/aromatic N) is 6. The largest absolute Gasteiger partial charge is 0.423 e.